The van der Waals surface area contributed by atoms with Gasteiger partial charge in [-0.2, -0.15) is 0 Å². The van der Waals surface area contributed by atoms with E-state index in [2.05, 4.69) is 92.0 Å². The molecule has 0 saturated carbocycles. The summed E-state index contributed by atoms with van der Waals surface area (Å²) in [6, 6.07) is 19.0. The Morgan fingerprint density at radius 2 is 1.33 bits per heavy atom. The van der Waals surface area contributed by atoms with Gasteiger partial charge in [0, 0.05) is 24.0 Å². The fourth-order valence-corrected chi connectivity index (χ4v) is 5.37. The van der Waals surface area contributed by atoms with Crippen molar-refractivity contribution in [2.75, 3.05) is 0 Å². The summed E-state index contributed by atoms with van der Waals surface area (Å²) in [7, 11) is -6.00. The van der Waals surface area contributed by atoms with E-state index in [9.17, 15) is 17.3 Å². The van der Waals surface area contributed by atoms with Gasteiger partial charge < -0.3 is 17.3 Å². The smallest absolute Gasteiger partial charge is 0.418 e. The lowest BCUT2D eigenvalue weighted by atomic mass is 9.75. The van der Waals surface area contributed by atoms with Crippen LogP contribution in [-0.4, -0.2) is 34.1 Å². The number of benzene rings is 2. The van der Waals surface area contributed by atoms with Crippen LogP contribution in [0, 0.1) is 0 Å². The maximum atomic E-state index is 9.75. The van der Waals surface area contributed by atoms with Crippen LogP contribution in [-0.2, 0) is 12.8 Å². The Morgan fingerprint density at radius 3 is 1.93 bits per heavy atom. The van der Waals surface area contributed by atoms with Crippen molar-refractivity contribution >= 4 is 13.6 Å². The molecule has 0 spiro atoms. The molecule has 2 aromatic rings. The number of halogens is 4. The molecule has 5 rings (SSSR count). The lowest BCUT2D eigenvalue weighted by Crippen LogP contribution is -2.49. The zero-order valence-electron chi connectivity index (χ0n) is 17.7. The van der Waals surface area contributed by atoms with Crippen molar-refractivity contribution in [2.45, 2.75) is 63.7 Å². The molecule has 0 radical (unpaired) electrons. The molecule has 0 N–H and O–H groups in total. The second-order valence-electron chi connectivity index (χ2n) is 9.69. The topological polar surface area (TPSA) is 6.25 Å². The third-order valence-corrected chi connectivity index (χ3v) is 6.54. The van der Waals surface area contributed by atoms with Crippen LogP contribution in [0.3, 0.4) is 0 Å². The first-order valence-electron chi connectivity index (χ1n) is 10.3. The molecular formula is C23H27BF4N2. The lowest BCUT2D eigenvalue weighted by molar-refractivity contribution is -0.636. The van der Waals surface area contributed by atoms with Crippen molar-refractivity contribution in [2.24, 2.45) is 0 Å². The third kappa shape index (κ3) is 3.63. The van der Waals surface area contributed by atoms with Gasteiger partial charge in [-0.15, -0.1) is 0 Å². The standard InChI is InChI=1S/C23H27N2.BF4/c1-22(2)13-16-9-5-7-11-18(16)20-21-19-12-8-6-10-17(19)14-23(3,4)25(21)15-24(20)22;2-1(3,4)5/h5-12,15,20-21H,13-14H2,1-4H3;/q+1;-1/t20-,21-;/m0./s1. The van der Waals surface area contributed by atoms with Gasteiger partial charge in [0.15, 0.2) is 12.1 Å². The van der Waals surface area contributed by atoms with Gasteiger partial charge >= 0.3 is 7.25 Å². The molecule has 0 unspecified atom stereocenters. The second-order valence-corrected chi connectivity index (χ2v) is 9.69. The summed E-state index contributed by atoms with van der Waals surface area (Å²) in [5.41, 5.74) is 6.34. The maximum absolute atomic E-state index is 9.75. The van der Waals surface area contributed by atoms with Crippen LogP contribution < -0.4 is 0 Å². The maximum Gasteiger partial charge on any atom is 0.673 e. The molecule has 0 amide bonds. The summed E-state index contributed by atoms with van der Waals surface area (Å²) in [5, 5.41) is 0. The average Bonchev–Trinajstić information content (AvgIpc) is 3.03. The molecule has 2 aromatic carbocycles. The largest absolute Gasteiger partial charge is 0.673 e. The third-order valence-electron chi connectivity index (χ3n) is 6.54. The van der Waals surface area contributed by atoms with Crippen LogP contribution >= 0.6 is 0 Å². The van der Waals surface area contributed by atoms with E-state index >= 15 is 0 Å². The molecule has 0 aliphatic carbocycles. The van der Waals surface area contributed by atoms with Gasteiger partial charge in [0.1, 0.15) is 11.1 Å². The molecule has 0 fully saturated rings. The average molecular weight is 418 g/mol. The zero-order chi connectivity index (χ0) is 21.9. The summed E-state index contributed by atoms with van der Waals surface area (Å²) in [4.78, 5) is 2.64. The normalized spacial score (nSPS) is 25.1. The van der Waals surface area contributed by atoms with Gasteiger partial charge in [-0.3, -0.25) is 9.48 Å². The van der Waals surface area contributed by atoms with Crippen LogP contribution in [0.4, 0.5) is 17.3 Å². The minimum absolute atomic E-state index is 0.140. The highest BCUT2D eigenvalue weighted by molar-refractivity contribution is 6.50. The van der Waals surface area contributed by atoms with E-state index in [0.29, 0.717) is 12.1 Å². The number of hydrogen-bond donors (Lipinski definition) is 0. The summed E-state index contributed by atoms with van der Waals surface area (Å²) < 4.78 is 41.6. The molecule has 30 heavy (non-hydrogen) atoms. The minimum Gasteiger partial charge on any atom is -0.418 e. The summed E-state index contributed by atoms with van der Waals surface area (Å²) in [6.07, 6.45) is 4.67. The highest BCUT2D eigenvalue weighted by atomic mass is 19.5. The molecule has 0 bridgehead atoms. The molecule has 7 heteroatoms. The molecule has 3 aliphatic heterocycles. The quantitative estimate of drug-likeness (QED) is 0.298. The van der Waals surface area contributed by atoms with Crippen LogP contribution in [0.25, 0.3) is 0 Å². The lowest BCUT2D eigenvalue weighted by Gasteiger charge is -2.42. The van der Waals surface area contributed by atoms with E-state index in [0.717, 1.165) is 12.8 Å². The first-order valence-corrected chi connectivity index (χ1v) is 10.3. The van der Waals surface area contributed by atoms with Crippen LogP contribution in [0.15, 0.2) is 48.5 Å². The molecular weight excluding hydrogens is 391 g/mol. The van der Waals surface area contributed by atoms with Gasteiger partial charge in [0.05, 0.1) is 0 Å². The van der Waals surface area contributed by atoms with E-state index in [4.69, 9.17) is 0 Å². The summed E-state index contributed by atoms with van der Waals surface area (Å²) in [6.45, 7) is 9.57. The molecule has 0 saturated heterocycles. The predicted molar refractivity (Wildman–Crippen MR) is 112 cm³/mol. The Kier molecular flexibility index (Phi) is 4.79. The second kappa shape index (κ2) is 6.86. The minimum atomic E-state index is -6.00. The molecule has 3 heterocycles. The fourth-order valence-electron chi connectivity index (χ4n) is 5.37. The monoisotopic (exact) mass is 418 g/mol. The molecule has 3 aliphatic rings. The molecule has 0 aromatic heterocycles. The van der Waals surface area contributed by atoms with Crippen molar-refractivity contribution in [3.8, 4) is 0 Å². The van der Waals surface area contributed by atoms with Crippen molar-refractivity contribution in [1.29, 1.82) is 0 Å². The Balaban J connectivity index is 0.000000393. The van der Waals surface area contributed by atoms with E-state index < -0.39 is 7.25 Å². The molecule has 160 valence electrons. The van der Waals surface area contributed by atoms with Crippen LogP contribution in [0.2, 0.25) is 0 Å². The molecule has 2 nitrogen and oxygen atoms in total. The van der Waals surface area contributed by atoms with Crippen LogP contribution in [0.1, 0.15) is 62.0 Å². The summed E-state index contributed by atoms with van der Waals surface area (Å²) in [5.74, 6) is 0. The van der Waals surface area contributed by atoms with Gasteiger partial charge in [0.2, 0.25) is 6.34 Å². The summed E-state index contributed by atoms with van der Waals surface area (Å²) >= 11 is 0. The highest BCUT2D eigenvalue weighted by Gasteiger charge is 2.57. The van der Waals surface area contributed by atoms with Gasteiger partial charge in [-0.1, -0.05) is 48.5 Å². The van der Waals surface area contributed by atoms with E-state index in [-0.39, 0.29) is 11.1 Å². The SMILES string of the molecule is CC1(C)Cc2ccccc2[C@H]2[C@@H]3c4ccccc4CC(C)(C)[N+]3=CN21.F[B-](F)(F)F. The van der Waals surface area contributed by atoms with Gasteiger partial charge in [-0.25, -0.2) is 0 Å². The first kappa shape index (κ1) is 20.9. The van der Waals surface area contributed by atoms with Crippen molar-refractivity contribution in [3.63, 3.8) is 0 Å². The van der Waals surface area contributed by atoms with E-state index in [1.807, 2.05) is 0 Å². The van der Waals surface area contributed by atoms with Crippen molar-refractivity contribution in [3.05, 3.63) is 70.8 Å². The van der Waals surface area contributed by atoms with E-state index in [1.165, 1.54) is 22.3 Å². The Bertz CT molecular complexity index is 991. The molecule has 2 atom stereocenters. The predicted octanol–water partition coefficient (Wildman–Crippen LogP) is 5.79. The van der Waals surface area contributed by atoms with Crippen molar-refractivity contribution in [1.82, 2.24) is 4.90 Å². The Labute approximate surface area is 175 Å². The number of fused-ring (bicyclic) bond motifs is 7. The highest BCUT2D eigenvalue weighted by Crippen LogP contribution is 2.52. The Hall–Kier alpha value is -2.31. The number of rotatable bonds is 0. The first-order chi connectivity index (χ1) is 13.9. The number of nitrogens with zero attached hydrogens (tertiary/aromatic N) is 2. The zero-order valence-corrected chi connectivity index (χ0v) is 17.7. The van der Waals surface area contributed by atoms with Gasteiger partial charge in [0.25, 0.3) is 0 Å². The van der Waals surface area contributed by atoms with Crippen LogP contribution in [0.5, 0.6) is 0 Å². The Morgan fingerprint density at radius 1 is 0.833 bits per heavy atom. The van der Waals surface area contributed by atoms with E-state index in [1.54, 1.807) is 0 Å². The van der Waals surface area contributed by atoms with Gasteiger partial charge in [-0.05, 0) is 38.8 Å². The number of hydrogen-bond acceptors (Lipinski definition) is 1. The fraction of sp³-hybridized carbons (Fsp3) is 0.435. The van der Waals surface area contributed by atoms with Crippen molar-refractivity contribution < 1.29 is 21.8 Å².